The van der Waals surface area contributed by atoms with Crippen molar-refractivity contribution in [1.82, 2.24) is 10.6 Å². The number of imide groups is 1. The van der Waals surface area contributed by atoms with Gasteiger partial charge in [-0.25, -0.2) is 4.79 Å². The highest BCUT2D eigenvalue weighted by Crippen LogP contribution is 2.32. The fraction of sp³-hybridized carbons (Fsp3) is 0.500. The largest absolute Gasteiger partial charge is 0.481 e. The van der Waals surface area contributed by atoms with Crippen LogP contribution in [0.15, 0.2) is 18.2 Å². The van der Waals surface area contributed by atoms with Crippen LogP contribution < -0.4 is 15.4 Å². The summed E-state index contributed by atoms with van der Waals surface area (Å²) in [6.45, 7) is 1.77. The number of carbonyl (C=O) groups excluding carboxylic acids is 2. The average molecular weight is 359 g/mol. The van der Waals surface area contributed by atoms with Crippen molar-refractivity contribution in [2.75, 3.05) is 6.61 Å². The third-order valence-electron chi connectivity index (χ3n) is 3.95. The second kappa shape index (κ2) is 8.41. The van der Waals surface area contributed by atoms with Gasteiger partial charge in [-0.2, -0.15) is 0 Å². The van der Waals surface area contributed by atoms with Crippen molar-refractivity contribution >= 4 is 35.1 Å². The molecule has 1 aliphatic rings. The minimum absolute atomic E-state index is 0.107. The molecule has 0 bridgehead atoms. The number of para-hydroxylation sites is 1. The van der Waals surface area contributed by atoms with E-state index in [4.69, 9.17) is 27.9 Å². The van der Waals surface area contributed by atoms with Gasteiger partial charge in [0, 0.05) is 6.04 Å². The Labute approximate surface area is 145 Å². The smallest absolute Gasteiger partial charge is 0.321 e. The van der Waals surface area contributed by atoms with E-state index in [1.165, 1.54) is 6.42 Å². The highest BCUT2D eigenvalue weighted by molar-refractivity contribution is 6.37. The lowest BCUT2D eigenvalue weighted by atomic mass is 9.86. The van der Waals surface area contributed by atoms with Gasteiger partial charge in [-0.1, -0.05) is 49.0 Å². The molecule has 1 saturated carbocycles. The molecule has 23 heavy (non-hydrogen) atoms. The lowest BCUT2D eigenvalue weighted by Gasteiger charge is -2.29. The maximum Gasteiger partial charge on any atom is 0.321 e. The Morgan fingerprint density at radius 2 is 1.87 bits per heavy atom. The first kappa shape index (κ1) is 17.9. The fourth-order valence-electron chi connectivity index (χ4n) is 2.66. The van der Waals surface area contributed by atoms with E-state index in [1.807, 2.05) is 0 Å². The zero-order chi connectivity index (χ0) is 16.8. The Morgan fingerprint density at radius 3 is 2.52 bits per heavy atom. The number of hydrogen-bond donors (Lipinski definition) is 2. The third kappa shape index (κ3) is 5.29. The van der Waals surface area contributed by atoms with Gasteiger partial charge in [0.1, 0.15) is 0 Å². The molecule has 1 fully saturated rings. The normalized spacial score (nSPS) is 20.7. The van der Waals surface area contributed by atoms with Gasteiger partial charge in [0.05, 0.1) is 10.0 Å². The number of rotatable bonds is 4. The molecule has 5 nitrogen and oxygen atoms in total. The maximum absolute atomic E-state index is 11.9. The second-order valence-corrected chi connectivity index (χ2v) is 6.54. The number of carbonyl (C=O) groups is 2. The summed E-state index contributed by atoms with van der Waals surface area (Å²) in [5.74, 6) is 0.0945. The molecule has 1 aliphatic carbocycles. The number of amides is 3. The van der Waals surface area contributed by atoms with Crippen molar-refractivity contribution in [3.63, 3.8) is 0 Å². The second-order valence-electron chi connectivity index (χ2n) is 5.73. The van der Waals surface area contributed by atoms with Crippen LogP contribution in [0.2, 0.25) is 10.0 Å². The molecule has 0 spiro atoms. The Balaban J connectivity index is 1.79. The van der Waals surface area contributed by atoms with Crippen molar-refractivity contribution < 1.29 is 14.3 Å². The zero-order valence-corrected chi connectivity index (χ0v) is 14.4. The molecule has 0 radical (unpaired) electrons. The number of nitrogens with one attached hydrogen (secondary N) is 2. The molecule has 2 atom stereocenters. The van der Waals surface area contributed by atoms with E-state index in [1.54, 1.807) is 18.2 Å². The molecule has 0 unspecified atom stereocenters. The highest BCUT2D eigenvalue weighted by atomic mass is 35.5. The van der Waals surface area contributed by atoms with Crippen molar-refractivity contribution in [3.8, 4) is 5.75 Å². The summed E-state index contributed by atoms with van der Waals surface area (Å²) in [6, 6.07) is 4.50. The lowest BCUT2D eigenvalue weighted by molar-refractivity contribution is -0.122. The van der Waals surface area contributed by atoms with Crippen LogP contribution in [0, 0.1) is 5.92 Å². The summed E-state index contributed by atoms with van der Waals surface area (Å²) in [7, 11) is 0. The molecule has 126 valence electrons. The number of benzene rings is 1. The maximum atomic E-state index is 11.9. The van der Waals surface area contributed by atoms with Crippen molar-refractivity contribution in [2.24, 2.45) is 5.92 Å². The summed E-state index contributed by atoms with van der Waals surface area (Å²) in [4.78, 5) is 23.7. The zero-order valence-electron chi connectivity index (χ0n) is 12.9. The Bertz CT molecular complexity index is 560. The molecule has 2 N–H and O–H groups in total. The van der Waals surface area contributed by atoms with Gasteiger partial charge >= 0.3 is 6.03 Å². The highest BCUT2D eigenvalue weighted by Gasteiger charge is 2.23. The molecule has 0 saturated heterocycles. The SMILES string of the molecule is C[C@@H]1CCCC[C@H]1NC(=O)NC(=O)COc1c(Cl)cccc1Cl. The van der Waals surface area contributed by atoms with Gasteiger partial charge < -0.3 is 10.1 Å². The molecule has 0 aromatic heterocycles. The first-order chi connectivity index (χ1) is 11.0. The Kier molecular flexibility index (Phi) is 6.54. The molecule has 7 heteroatoms. The van der Waals surface area contributed by atoms with E-state index in [2.05, 4.69) is 17.6 Å². The minimum Gasteiger partial charge on any atom is -0.481 e. The number of halogens is 2. The molecule has 3 amide bonds. The fourth-order valence-corrected chi connectivity index (χ4v) is 3.16. The average Bonchev–Trinajstić information content (AvgIpc) is 2.49. The first-order valence-corrected chi connectivity index (χ1v) is 8.40. The minimum atomic E-state index is -0.554. The van der Waals surface area contributed by atoms with Crippen LogP contribution in [0.5, 0.6) is 5.75 Å². The molecular weight excluding hydrogens is 339 g/mol. The monoisotopic (exact) mass is 358 g/mol. The van der Waals surface area contributed by atoms with Crippen molar-refractivity contribution in [1.29, 1.82) is 0 Å². The Morgan fingerprint density at radius 1 is 1.22 bits per heavy atom. The van der Waals surface area contributed by atoms with Crippen LogP contribution in [0.25, 0.3) is 0 Å². The molecule has 0 aliphatic heterocycles. The van der Waals surface area contributed by atoms with Crippen LogP contribution in [0.3, 0.4) is 0 Å². The number of ether oxygens (including phenoxy) is 1. The lowest BCUT2D eigenvalue weighted by Crippen LogP contribution is -2.48. The topological polar surface area (TPSA) is 67.4 Å². The standard InChI is InChI=1S/C16H20Cl2N2O3/c1-10-5-2-3-8-13(10)19-16(22)20-14(21)9-23-15-11(17)6-4-7-12(15)18/h4,6-7,10,13H,2-3,5,8-9H2,1H3,(H2,19,20,21,22)/t10-,13-/m1/s1. The van der Waals surface area contributed by atoms with Gasteiger partial charge in [-0.3, -0.25) is 10.1 Å². The van der Waals surface area contributed by atoms with E-state index in [9.17, 15) is 9.59 Å². The van der Waals surface area contributed by atoms with E-state index < -0.39 is 11.9 Å². The number of hydrogen-bond acceptors (Lipinski definition) is 3. The van der Waals surface area contributed by atoms with Crippen LogP contribution in [0.4, 0.5) is 4.79 Å². The molecule has 1 aromatic carbocycles. The van der Waals surface area contributed by atoms with Gasteiger partial charge in [0.2, 0.25) is 0 Å². The van der Waals surface area contributed by atoms with Gasteiger partial charge in [0.25, 0.3) is 5.91 Å². The molecule has 0 heterocycles. The van der Waals surface area contributed by atoms with E-state index in [-0.39, 0.29) is 18.4 Å². The number of urea groups is 1. The van der Waals surface area contributed by atoms with Crippen LogP contribution >= 0.6 is 23.2 Å². The van der Waals surface area contributed by atoms with Crippen LogP contribution in [-0.4, -0.2) is 24.6 Å². The molecule has 2 rings (SSSR count). The van der Waals surface area contributed by atoms with Crippen molar-refractivity contribution in [3.05, 3.63) is 28.2 Å². The van der Waals surface area contributed by atoms with Crippen LogP contribution in [-0.2, 0) is 4.79 Å². The third-order valence-corrected chi connectivity index (χ3v) is 4.54. The predicted octanol–water partition coefficient (Wildman–Crippen LogP) is 3.78. The van der Waals surface area contributed by atoms with Gasteiger partial charge in [-0.05, 0) is 30.9 Å². The summed E-state index contributed by atoms with van der Waals surface area (Å²) < 4.78 is 5.29. The summed E-state index contributed by atoms with van der Waals surface area (Å²) in [5, 5.41) is 5.72. The Hall–Kier alpha value is -1.46. The van der Waals surface area contributed by atoms with E-state index >= 15 is 0 Å². The summed E-state index contributed by atoms with van der Waals surface area (Å²) in [5.41, 5.74) is 0. The van der Waals surface area contributed by atoms with E-state index in [0.29, 0.717) is 16.0 Å². The summed E-state index contributed by atoms with van der Waals surface area (Å²) >= 11 is 11.9. The van der Waals surface area contributed by atoms with Crippen molar-refractivity contribution in [2.45, 2.75) is 38.6 Å². The first-order valence-electron chi connectivity index (χ1n) is 7.64. The quantitative estimate of drug-likeness (QED) is 0.860. The summed E-state index contributed by atoms with van der Waals surface area (Å²) in [6.07, 6.45) is 4.31. The predicted molar refractivity (Wildman–Crippen MR) is 90.1 cm³/mol. The van der Waals surface area contributed by atoms with Crippen LogP contribution in [0.1, 0.15) is 32.6 Å². The van der Waals surface area contributed by atoms with E-state index in [0.717, 1.165) is 19.3 Å². The van der Waals surface area contributed by atoms with Gasteiger partial charge in [0.15, 0.2) is 12.4 Å². The molecule has 1 aromatic rings. The van der Waals surface area contributed by atoms with Gasteiger partial charge in [-0.15, -0.1) is 0 Å². The molecular formula is C16H20Cl2N2O3.